The van der Waals surface area contributed by atoms with Crippen LogP contribution in [0.25, 0.3) is 0 Å². The Hall–Kier alpha value is -2.21. The van der Waals surface area contributed by atoms with Crippen molar-refractivity contribution in [2.75, 3.05) is 36.8 Å². The number of sulfonamides is 1. The number of rotatable bonds is 8. The summed E-state index contributed by atoms with van der Waals surface area (Å²) in [6.07, 6.45) is 7.50. The number of piperazine rings is 1. The first-order valence-electron chi connectivity index (χ1n) is 8.74. The zero-order chi connectivity index (χ0) is 19.1. The first-order chi connectivity index (χ1) is 13.1. The molecule has 0 aliphatic carbocycles. The molecule has 1 fully saturated rings. The highest BCUT2D eigenvalue weighted by Crippen LogP contribution is 2.14. The van der Waals surface area contributed by atoms with E-state index >= 15 is 0 Å². The zero-order valence-electron chi connectivity index (χ0n) is 14.8. The van der Waals surface area contributed by atoms with Gasteiger partial charge in [0.15, 0.2) is 0 Å². The van der Waals surface area contributed by atoms with Gasteiger partial charge in [-0.05, 0) is 18.6 Å². The molecule has 1 saturated heterocycles. The lowest BCUT2D eigenvalue weighted by Crippen LogP contribution is -2.51. The lowest BCUT2D eigenvalue weighted by Gasteiger charge is -2.34. The van der Waals surface area contributed by atoms with Crippen LogP contribution in [0.4, 0.5) is 5.95 Å². The maximum absolute atomic E-state index is 12.7. The third-order valence-electron chi connectivity index (χ3n) is 4.40. The van der Waals surface area contributed by atoms with Crippen LogP contribution in [-0.2, 0) is 16.4 Å². The Bertz CT molecular complexity index is 799. The molecule has 1 unspecified atom stereocenters. The van der Waals surface area contributed by atoms with Crippen molar-refractivity contribution in [3.05, 3.63) is 42.7 Å². The van der Waals surface area contributed by atoms with E-state index < -0.39 is 16.1 Å². The van der Waals surface area contributed by atoms with Gasteiger partial charge in [-0.2, -0.15) is 4.31 Å². The summed E-state index contributed by atoms with van der Waals surface area (Å²) in [5, 5.41) is 9.36. The van der Waals surface area contributed by atoms with E-state index in [9.17, 15) is 13.6 Å². The summed E-state index contributed by atoms with van der Waals surface area (Å²) < 4.78 is 26.9. The molecule has 1 aliphatic rings. The van der Waals surface area contributed by atoms with Crippen LogP contribution in [0, 0.1) is 0 Å². The number of hydrogen-bond acceptors (Lipinski definition) is 9. The topological polar surface area (TPSA) is 124 Å². The molecule has 0 spiro atoms. The summed E-state index contributed by atoms with van der Waals surface area (Å²) in [5.74, 6) is 1.04. The van der Waals surface area contributed by atoms with E-state index in [4.69, 9.17) is 0 Å². The summed E-state index contributed by atoms with van der Waals surface area (Å²) in [6.45, 7) is 1.78. The summed E-state index contributed by atoms with van der Waals surface area (Å²) in [5.41, 5.74) is 2.11. The highest BCUT2D eigenvalue weighted by atomic mass is 32.2. The summed E-state index contributed by atoms with van der Waals surface area (Å²) in [4.78, 5) is 18.6. The van der Waals surface area contributed by atoms with E-state index in [0.29, 0.717) is 50.8 Å². The molecule has 146 valence electrons. The summed E-state index contributed by atoms with van der Waals surface area (Å²) in [7, 11) is -3.50. The van der Waals surface area contributed by atoms with E-state index in [0.717, 1.165) is 0 Å². The Morgan fingerprint density at radius 2 is 1.59 bits per heavy atom. The van der Waals surface area contributed by atoms with Crippen molar-refractivity contribution in [2.24, 2.45) is 0 Å². The Labute approximate surface area is 158 Å². The van der Waals surface area contributed by atoms with E-state index in [-0.39, 0.29) is 5.75 Å². The van der Waals surface area contributed by atoms with Crippen molar-refractivity contribution in [1.29, 1.82) is 0 Å². The Kier molecular flexibility index (Phi) is 6.61. The molecule has 0 bridgehead atoms. The number of nitrogens with zero attached hydrogens (tertiary/aromatic N) is 6. The molecule has 2 aromatic rings. The predicted molar refractivity (Wildman–Crippen MR) is 98.7 cm³/mol. The number of nitrogens with one attached hydrogen (secondary N) is 1. The molecule has 2 N–H and O–H groups in total. The van der Waals surface area contributed by atoms with Gasteiger partial charge in [0.25, 0.3) is 0 Å². The third kappa shape index (κ3) is 5.39. The number of hydroxylamine groups is 1. The predicted octanol–water partition coefficient (Wildman–Crippen LogP) is -0.301. The first kappa shape index (κ1) is 19.5. The second-order valence-corrected chi connectivity index (χ2v) is 8.26. The van der Waals surface area contributed by atoms with E-state index in [1.54, 1.807) is 36.9 Å². The van der Waals surface area contributed by atoms with Crippen LogP contribution >= 0.6 is 0 Å². The van der Waals surface area contributed by atoms with Gasteiger partial charge in [0, 0.05) is 63.4 Å². The molecule has 27 heavy (non-hydrogen) atoms. The lowest BCUT2D eigenvalue weighted by atomic mass is 10.2. The van der Waals surface area contributed by atoms with Crippen molar-refractivity contribution in [3.8, 4) is 0 Å². The maximum Gasteiger partial charge on any atom is 0.225 e. The number of aromatic nitrogens is 4. The first-order valence-corrected chi connectivity index (χ1v) is 10.3. The molecule has 10 nitrogen and oxygen atoms in total. The molecule has 0 radical (unpaired) electrons. The van der Waals surface area contributed by atoms with Gasteiger partial charge in [-0.25, -0.2) is 33.8 Å². The van der Waals surface area contributed by atoms with Crippen LogP contribution in [0.2, 0.25) is 0 Å². The largest absolute Gasteiger partial charge is 0.338 e. The molecule has 11 heteroatoms. The quantitative estimate of drug-likeness (QED) is 0.581. The second kappa shape index (κ2) is 9.13. The summed E-state index contributed by atoms with van der Waals surface area (Å²) >= 11 is 0. The van der Waals surface area contributed by atoms with Crippen LogP contribution in [0.1, 0.15) is 12.2 Å². The van der Waals surface area contributed by atoms with Crippen LogP contribution in [-0.4, -0.2) is 75.8 Å². The fraction of sp³-hybridized carbons (Fsp3) is 0.500. The standard InChI is InChI=1S/C16H23N7O3S/c24-21-14(3-4-15-17-5-1-6-18-15)13-27(25,26)23-11-9-22(10-12-23)16-19-7-2-8-20-16/h1-2,5-8,14,21,24H,3-4,9-13H2. The van der Waals surface area contributed by atoms with Gasteiger partial charge in [0.1, 0.15) is 5.82 Å². The molecule has 1 aliphatic heterocycles. The Morgan fingerprint density at radius 1 is 1.00 bits per heavy atom. The van der Waals surface area contributed by atoms with Gasteiger partial charge in [-0.1, -0.05) is 0 Å². The van der Waals surface area contributed by atoms with Crippen LogP contribution < -0.4 is 10.4 Å². The molecule has 2 aromatic heterocycles. The number of anilines is 1. The van der Waals surface area contributed by atoms with Gasteiger partial charge < -0.3 is 10.1 Å². The van der Waals surface area contributed by atoms with Crippen LogP contribution in [0.5, 0.6) is 0 Å². The third-order valence-corrected chi connectivity index (χ3v) is 6.37. The van der Waals surface area contributed by atoms with Crippen molar-refractivity contribution >= 4 is 16.0 Å². The van der Waals surface area contributed by atoms with Gasteiger partial charge in [-0.15, -0.1) is 0 Å². The smallest absolute Gasteiger partial charge is 0.225 e. The highest BCUT2D eigenvalue weighted by Gasteiger charge is 2.30. The average Bonchev–Trinajstić information content (AvgIpc) is 2.72. The zero-order valence-corrected chi connectivity index (χ0v) is 15.7. The van der Waals surface area contributed by atoms with Crippen LogP contribution in [0.15, 0.2) is 36.9 Å². The van der Waals surface area contributed by atoms with Gasteiger partial charge >= 0.3 is 0 Å². The minimum Gasteiger partial charge on any atom is -0.338 e. The molecule has 3 rings (SSSR count). The van der Waals surface area contributed by atoms with Gasteiger partial charge in [0.2, 0.25) is 16.0 Å². The fourth-order valence-electron chi connectivity index (χ4n) is 2.93. The number of aryl methyl sites for hydroxylation is 1. The molecule has 1 atom stereocenters. The molecular formula is C16H23N7O3S. The highest BCUT2D eigenvalue weighted by molar-refractivity contribution is 7.89. The minimum atomic E-state index is -3.50. The molecule has 0 amide bonds. The second-order valence-electron chi connectivity index (χ2n) is 6.24. The average molecular weight is 393 g/mol. The molecule has 0 aromatic carbocycles. The SMILES string of the molecule is O=S(=O)(CC(CCc1ncccn1)NO)N1CCN(c2ncccn2)CC1. The molecule has 0 saturated carbocycles. The van der Waals surface area contributed by atoms with Gasteiger partial charge in [0.05, 0.1) is 5.75 Å². The van der Waals surface area contributed by atoms with Crippen molar-refractivity contribution in [2.45, 2.75) is 18.9 Å². The Balaban J connectivity index is 1.53. The van der Waals surface area contributed by atoms with Crippen molar-refractivity contribution in [1.82, 2.24) is 29.7 Å². The van der Waals surface area contributed by atoms with E-state index in [2.05, 4.69) is 25.4 Å². The molecular weight excluding hydrogens is 370 g/mol. The van der Waals surface area contributed by atoms with Crippen LogP contribution in [0.3, 0.4) is 0 Å². The summed E-state index contributed by atoms with van der Waals surface area (Å²) in [6, 6.07) is 2.87. The maximum atomic E-state index is 12.7. The van der Waals surface area contributed by atoms with Crippen molar-refractivity contribution < 1.29 is 13.6 Å². The van der Waals surface area contributed by atoms with E-state index in [1.807, 2.05) is 4.90 Å². The monoisotopic (exact) mass is 393 g/mol. The Morgan fingerprint density at radius 3 is 2.19 bits per heavy atom. The van der Waals surface area contributed by atoms with Gasteiger partial charge in [-0.3, -0.25) is 0 Å². The normalized spacial score (nSPS) is 17.0. The fourth-order valence-corrected chi connectivity index (χ4v) is 4.61. The lowest BCUT2D eigenvalue weighted by molar-refractivity contribution is 0.129. The minimum absolute atomic E-state index is 0.182. The number of hydrogen-bond donors (Lipinski definition) is 2. The van der Waals surface area contributed by atoms with Crippen molar-refractivity contribution in [3.63, 3.8) is 0 Å². The molecule has 3 heterocycles. The van der Waals surface area contributed by atoms with E-state index in [1.165, 1.54) is 4.31 Å².